The van der Waals surface area contributed by atoms with Gasteiger partial charge in [0.1, 0.15) is 0 Å². The molecule has 5 nitrogen and oxygen atoms in total. The molecule has 6 heteroatoms. The second-order valence-corrected chi connectivity index (χ2v) is 7.71. The largest absolute Gasteiger partial charge is 0.356 e. The van der Waals surface area contributed by atoms with E-state index in [1.165, 1.54) is 63.1 Å². The van der Waals surface area contributed by atoms with Gasteiger partial charge in [-0.05, 0) is 58.4 Å². The van der Waals surface area contributed by atoms with E-state index < -0.39 is 0 Å². The van der Waals surface area contributed by atoms with Crippen LogP contribution in [0, 0.1) is 6.92 Å². The zero-order valence-electron chi connectivity index (χ0n) is 18.0. The minimum Gasteiger partial charge on any atom is -0.356 e. The van der Waals surface area contributed by atoms with Crippen molar-refractivity contribution in [3.05, 3.63) is 35.4 Å². The van der Waals surface area contributed by atoms with Gasteiger partial charge in [-0.15, -0.1) is 24.0 Å². The topological polar surface area (TPSA) is 42.9 Å². The molecule has 2 N–H and O–H groups in total. The van der Waals surface area contributed by atoms with Crippen molar-refractivity contribution in [2.24, 2.45) is 4.99 Å². The molecule has 160 valence electrons. The van der Waals surface area contributed by atoms with E-state index in [0.29, 0.717) is 0 Å². The Morgan fingerprint density at radius 2 is 1.71 bits per heavy atom. The quantitative estimate of drug-likeness (QED) is 0.236. The number of aryl methyl sites for hydroxylation is 1. The van der Waals surface area contributed by atoms with Crippen LogP contribution in [0.15, 0.2) is 29.3 Å². The summed E-state index contributed by atoms with van der Waals surface area (Å²) in [5.41, 5.74) is 2.55. The van der Waals surface area contributed by atoms with Crippen molar-refractivity contribution in [2.45, 2.75) is 46.1 Å². The number of nitrogens with one attached hydrogen (secondary N) is 2. The Bertz CT molecular complexity index is 546. The molecule has 1 aliphatic rings. The zero-order chi connectivity index (χ0) is 19.3. The van der Waals surface area contributed by atoms with Crippen molar-refractivity contribution in [3.8, 4) is 0 Å². The van der Waals surface area contributed by atoms with Crippen molar-refractivity contribution in [2.75, 3.05) is 52.9 Å². The van der Waals surface area contributed by atoms with Gasteiger partial charge in [-0.2, -0.15) is 0 Å². The minimum atomic E-state index is 0. The van der Waals surface area contributed by atoms with Crippen LogP contribution < -0.4 is 10.6 Å². The fraction of sp³-hybridized carbons (Fsp3) is 0.682. The van der Waals surface area contributed by atoms with Crippen LogP contribution in [0.5, 0.6) is 0 Å². The molecule has 0 radical (unpaired) electrons. The van der Waals surface area contributed by atoms with E-state index in [1.807, 2.05) is 0 Å². The molecule has 0 unspecified atom stereocenters. The monoisotopic (exact) mass is 501 g/mol. The lowest BCUT2D eigenvalue weighted by molar-refractivity contribution is 0.274. The number of hydrogen-bond acceptors (Lipinski definition) is 3. The second kappa shape index (κ2) is 15.0. The van der Waals surface area contributed by atoms with Gasteiger partial charge in [0.2, 0.25) is 0 Å². The maximum Gasteiger partial charge on any atom is 0.191 e. The van der Waals surface area contributed by atoms with Gasteiger partial charge in [-0.1, -0.05) is 43.2 Å². The zero-order valence-corrected chi connectivity index (χ0v) is 20.4. The third-order valence-electron chi connectivity index (χ3n) is 5.12. The average Bonchev–Trinajstić information content (AvgIpc) is 2.88. The number of nitrogens with zero attached hydrogens (tertiary/aromatic N) is 3. The maximum absolute atomic E-state index is 4.78. The Kier molecular flexibility index (Phi) is 13.5. The Balaban J connectivity index is 0.00000392. The van der Waals surface area contributed by atoms with Gasteiger partial charge < -0.3 is 20.4 Å². The van der Waals surface area contributed by atoms with E-state index in [4.69, 9.17) is 4.99 Å². The number of rotatable bonds is 9. The normalized spacial score (nSPS) is 16.3. The molecule has 1 aromatic carbocycles. The minimum absolute atomic E-state index is 0. The molecule has 0 atom stereocenters. The maximum atomic E-state index is 4.78. The van der Waals surface area contributed by atoms with Crippen LogP contribution in [0.2, 0.25) is 0 Å². The van der Waals surface area contributed by atoms with E-state index in [1.54, 1.807) is 0 Å². The smallest absolute Gasteiger partial charge is 0.191 e. The summed E-state index contributed by atoms with van der Waals surface area (Å²) in [6.07, 6.45) is 4.81. The van der Waals surface area contributed by atoms with E-state index in [-0.39, 0.29) is 24.0 Å². The molecule has 0 aliphatic carbocycles. The predicted molar refractivity (Wildman–Crippen MR) is 132 cm³/mol. The number of likely N-dealkylation sites (N-methyl/N-ethyl adjacent to an activating group) is 1. The molecular formula is C22H40IN5. The number of guanidine groups is 1. The molecule has 2 rings (SSSR count). The van der Waals surface area contributed by atoms with Crippen LogP contribution in [0.25, 0.3) is 0 Å². The highest BCUT2D eigenvalue weighted by Crippen LogP contribution is 2.04. The van der Waals surface area contributed by atoms with Gasteiger partial charge in [0.15, 0.2) is 5.96 Å². The molecule has 0 aromatic heterocycles. The molecule has 1 aromatic rings. The van der Waals surface area contributed by atoms with Crippen molar-refractivity contribution < 1.29 is 0 Å². The van der Waals surface area contributed by atoms with Crippen LogP contribution in [-0.4, -0.2) is 68.6 Å². The molecule has 1 heterocycles. The number of hydrogen-bond donors (Lipinski definition) is 2. The highest BCUT2D eigenvalue weighted by atomic mass is 127. The standard InChI is InChI=1S/C22H39N5.HI/c1-4-5-12-23-22(25-19-21-10-8-20(2)9-11-21)24-13-6-15-27-16-7-14-26(3)17-18-27;/h8-11H,4-7,12-19H2,1-3H3,(H2,23,24,25);1H. The Hall–Kier alpha value is -0.860. The molecule has 0 saturated carbocycles. The fourth-order valence-corrected chi connectivity index (χ4v) is 3.25. The SMILES string of the molecule is CCCCNC(=NCc1ccc(C)cc1)NCCCN1CCCN(C)CC1.I. The summed E-state index contributed by atoms with van der Waals surface area (Å²) < 4.78 is 0. The molecular weight excluding hydrogens is 461 g/mol. The average molecular weight is 502 g/mol. The van der Waals surface area contributed by atoms with E-state index in [0.717, 1.165) is 32.0 Å². The predicted octanol–water partition coefficient (Wildman–Crippen LogP) is 3.48. The van der Waals surface area contributed by atoms with Gasteiger partial charge >= 0.3 is 0 Å². The third kappa shape index (κ3) is 10.6. The lowest BCUT2D eigenvalue weighted by Gasteiger charge is -2.20. The first-order valence-corrected chi connectivity index (χ1v) is 10.7. The van der Waals surface area contributed by atoms with Crippen molar-refractivity contribution in [1.29, 1.82) is 0 Å². The highest BCUT2D eigenvalue weighted by molar-refractivity contribution is 14.0. The fourth-order valence-electron chi connectivity index (χ4n) is 3.25. The highest BCUT2D eigenvalue weighted by Gasteiger charge is 2.11. The molecule has 0 amide bonds. The molecule has 1 fully saturated rings. The first-order valence-electron chi connectivity index (χ1n) is 10.7. The lowest BCUT2D eigenvalue weighted by Crippen LogP contribution is -2.39. The van der Waals surface area contributed by atoms with Crippen molar-refractivity contribution >= 4 is 29.9 Å². The summed E-state index contributed by atoms with van der Waals surface area (Å²) >= 11 is 0. The van der Waals surface area contributed by atoms with E-state index >= 15 is 0 Å². The number of aliphatic imine (C=N–C) groups is 1. The van der Waals surface area contributed by atoms with Crippen molar-refractivity contribution in [1.82, 2.24) is 20.4 Å². The van der Waals surface area contributed by atoms with Crippen LogP contribution >= 0.6 is 24.0 Å². The summed E-state index contributed by atoms with van der Waals surface area (Å²) in [5, 5.41) is 7.00. The number of benzene rings is 1. The van der Waals surface area contributed by atoms with Crippen LogP contribution in [0.4, 0.5) is 0 Å². The van der Waals surface area contributed by atoms with E-state index in [2.05, 4.69) is 65.6 Å². The van der Waals surface area contributed by atoms with Gasteiger partial charge in [0.25, 0.3) is 0 Å². The number of halogens is 1. The third-order valence-corrected chi connectivity index (χ3v) is 5.12. The summed E-state index contributed by atoms with van der Waals surface area (Å²) in [6, 6.07) is 8.64. The summed E-state index contributed by atoms with van der Waals surface area (Å²) in [5.74, 6) is 0.944. The Morgan fingerprint density at radius 1 is 1.00 bits per heavy atom. The lowest BCUT2D eigenvalue weighted by atomic mass is 10.1. The molecule has 28 heavy (non-hydrogen) atoms. The van der Waals surface area contributed by atoms with Gasteiger partial charge in [0.05, 0.1) is 6.54 Å². The summed E-state index contributed by atoms with van der Waals surface area (Å²) in [7, 11) is 2.23. The van der Waals surface area contributed by atoms with Crippen LogP contribution in [-0.2, 0) is 6.54 Å². The second-order valence-electron chi connectivity index (χ2n) is 7.71. The van der Waals surface area contributed by atoms with Crippen molar-refractivity contribution in [3.63, 3.8) is 0 Å². The molecule has 0 bridgehead atoms. The summed E-state index contributed by atoms with van der Waals surface area (Å²) in [4.78, 5) is 9.81. The van der Waals surface area contributed by atoms with E-state index in [9.17, 15) is 0 Å². The summed E-state index contributed by atoms with van der Waals surface area (Å²) in [6.45, 7) is 13.0. The molecule has 1 aliphatic heterocycles. The van der Waals surface area contributed by atoms with Crippen LogP contribution in [0.1, 0.15) is 43.7 Å². The van der Waals surface area contributed by atoms with Crippen LogP contribution in [0.3, 0.4) is 0 Å². The first kappa shape index (κ1) is 25.2. The van der Waals surface area contributed by atoms with Gasteiger partial charge in [0, 0.05) is 26.2 Å². The Morgan fingerprint density at radius 3 is 2.43 bits per heavy atom. The first-order chi connectivity index (χ1) is 13.2. The molecule has 0 spiro atoms. The van der Waals surface area contributed by atoms with Gasteiger partial charge in [-0.25, -0.2) is 4.99 Å². The Labute approximate surface area is 189 Å². The molecule has 1 saturated heterocycles. The number of unbranched alkanes of at least 4 members (excludes halogenated alkanes) is 1. The van der Waals surface area contributed by atoms with Gasteiger partial charge in [-0.3, -0.25) is 0 Å².